The van der Waals surface area contributed by atoms with Crippen LogP contribution in [0, 0.1) is 11.7 Å². The first kappa shape index (κ1) is 22.9. The Balaban J connectivity index is 1.26. The van der Waals surface area contributed by atoms with Gasteiger partial charge in [-0.1, -0.05) is 0 Å². The second-order valence-corrected chi connectivity index (χ2v) is 9.84. The number of H-pyrrole nitrogens is 1. The topological polar surface area (TPSA) is 61.6 Å². The Kier molecular flexibility index (Phi) is 5.46. The normalized spacial score (nSPS) is 21.2. The van der Waals surface area contributed by atoms with Gasteiger partial charge in [0.1, 0.15) is 17.6 Å². The fraction of sp³-hybridized carbons (Fsp3) is 0.370. The molecule has 1 aliphatic heterocycles. The zero-order valence-corrected chi connectivity index (χ0v) is 19.4. The molecule has 1 atom stereocenters. The third kappa shape index (κ3) is 4.20. The number of imidazole rings is 1. The van der Waals surface area contributed by atoms with Gasteiger partial charge in [0.15, 0.2) is 0 Å². The van der Waals surface area contributed by atoms with Crippen molar-refractivity contribution < 1.29 is 22.4 Å². The van der Waals surface area contributed by atoms with Gasteiger partial charge in [-0.2, -0.15) is 13.2 Å². The van der Waals surface area contributed by atoms with E-state index in [1.54, 1.807) is 35.4 Å². The molecule has 4 aromatic rings. The molecule has 0 unspecified atom stereocenters. The first-order valence-corrected chi connectivity index (χ1v) is 12.2. The van der Waals surface area contributed by atoms with Crippen molar-refractivity contribution >= 4 is 27.8 Å². The van der Waals surface area contributed by atoms with Gasteiger partial charge in [0, 0.05) is 30.2 Å². The monoisotopic (exact) mass is 496 g/mol. The number of aromatic nitrogens is 3. The third-order valence-corrected chi connectivity index (χ3v) is 7.55. The molecule has 2 aromatic heterocycles. The molecule has 2 aliphatic rings. The summed E-state index contributed by atoms with van der Waals surface area (Å²) in [6, 6.07) is 11.1. The second-order valence-electron chi connectivity index (χ2n) is 9.84. The lowest BCUT2D eigenvalue weighted by Crippen LogP contribution is -2.31. The van der Waals surface area contributed by atoms with Crippen molar-refractivity contribution in [2.24, 2.45) is 5.92 Å². The van der Waals surface area contributed by atoms with E-state index in [0.717, 1.165) is 10.9 Å². The number of rotatable bonds is 4. The zero-order chi connectivity index (χ0) is 25.0. The van der Waals surface area contributed by atoms with Crippen LogP contribution in [0.1, 0.15) is 59.3 Å². The molecule has 0 spiro atoms. The van der Waals surface area contributed by atoms with Crippen molar-refractivity contribution in [3.05, 3.63) is 71.4 Å². The highest BCUT2D eigenvalue weighted by Gasteiger charge is 2.48. The predicted molar refractivity (Wildman–Crippen MR) is 127 cm³/mol. The summed E-state index contributed by atoms with van der Waals surface area (Å²) in [4.78, 5) is 25.5. The molecule has 2 fully saturated rings. The van der Waals surface area contributed by atoms with Crippen LogP contribution in [0.2, 0.25) is 0 Å². The highest BCUT2D eigenvalue weighted by molar-refractivity contribution is 5.98. The molecular weight excluding hydrogens is 472 g/mol. The van der Waals surface area contributed by atoms with Crippen LogP contribution in [0.15, 0.2) is 48.7 Å². The van der Waals surface area contributed by atoms with Gasteiger partial charge in [-0.25, -0.2) is 9.37 Å². The summed E-state index contributed by atoms with van der Waals surface area (Å²) in [6.07, 6.45) is -0.888. The highest BCUT2D eigenvalue weighted by Crippen LogP contribution is 2.48. The Morgan fingerprint density at radius 1 is 1.00 bits per heavy atom. The number of hydrogen-bond acceptors (Lipinski definition) is 3. The number of nitrogens with one attached hydrogen (secondary N) is 1. The number of benzene rings is 2. The summed E-state index contributed by atoms with van der Waals surface area (Å²) in [6.45, 7) is 1.40. The summed E-state index contributed by atoms with van der Waals surface area (Å²) in [5, 5.41) is 0.721. The predicted octanol–water partition coefficient (Wildman–Crippen LogP) is 6.33. The molecule has 0 bridgehead atoms. The van der Waals surface area contributed by atoms with Gasteiger partial charge in [0.2, 0.25) is 0 Å². The molecule has 1 aliphatic carbocycles. The van der Waals surface area contributed by atoms with E-state index in [1.807, 2.05) is 6.07 Å². The first-order valence-electron chi connectivity index (χ1n) is 12.2. The summed E-state index contributed by atoms with van der Waals surface area (Å²) in [5.74, 6) is -2.88. The van der Waals surface area contributed by atoms with E-state index in [4.69, 9.17) is 0 Å². The average Bonchev–Trinajstić information content (AvgIpc) is 3.62. The van der Waals surface area contributed by atoms with Crippen molar-refractivity contribution in [2.45, 2.75) is 43.7 Å². The van der Waals surface area contributed by atoms with Crippen LogP contribution in [0.4, 0.5) is 17.6 Å². The summed E-state index contributed by atoms with van der Waals surface area (Å²) < 4.78 is 56.9. The fourth-order valence-electron chi connectivity index (χ4n) is 5.65. The Morgan fingerprint density at radius 2 is 1.78 bits per heavy atom. The molecule has 1 amide bonds. The van der Waals surface area contributed by atoms with Crippen molar-refractivity contribution in [2.75, 3.05) is 13.1 Å². The fourth-order valence-corrected chi connectivity index (χ4v) is 5.65. The number of alkyl halides is 3. The average molecular weight is 497 g/mol. The molecule has 1 N–H and O–H groups in total. The molecule has 9 heteroatoms. The lowest BCUT2D eigenvalue weighted by Gasteiger charge is -2.34. The number of fused-ring (bicyclic) bond motifs is 2. The van der Waals surface area contributed by atoms with Gasteiger partial charge in [-0.15, -0.1) is 0 Å². The van der Waals surface area contributed by atoms with Crippen molar-refractivity contribution in [3.8, 4) is 0 Å². The van der Waals surface area contributed by atoms with Gasteiger partial charge in [-0.05, 0) is 85.5 Å². The number of carbonyl (C=O) groups is 1. The lowest BCUT2D eigenvalue weighted by molar-refractivity contribution is -0.166. The van der Waals surface area contributed by atoms with Gasteiger partial charge >= 0.3 is 6.18 Å². The van der Waals surface area contributed by atoms with Crippen molar-refractivity contribution in [1.29, 1.82) is 0 Å². The third-order valence-electron chi connectivity index (χ3n) is 7.55. The van der Waals surface area contributed by atoms with Gasteiger partial charge in [0.05, 0.1) is 16.6 Å². The summed E-state index contributed by atoms with van der Waals surface area (Å²) in [7, 11) is 0. The summed E-state index contributed by atoms with van der Waals surface area (Å²) in [5.41, 5.74) is 2.91. The van der Waals surface area contributed by atoms with E-state index in [2.05, 4.69) is 15.0 Å². The Bertz CT molecular complexity index is 1450. The number of carbonyl (C=O) groups excluding carboxylic acids is 1. The molecule has 0 radical (unpaired) electrons. The van der Waals surface area contributed by atoms with Crippen molar-refractivity contribution in [1.82, 2.24) is 19.9 Å². The molecule has 5 nitrogen and oxygen atoms in total. The standard InChI is InChI=1S/C27H24F4N4O/c28-18-6-8-21-20(14-18)19(9-10-32-21)15-1-3-16(4-2-15)24(27(29,30)31)25-33-22-7-5-17(13-23(22)34-25)26(36)35-11-12-35/h5-10,13-16,24H,1-4,11-12H2,(H,33,34)/t15-,16+,24-/m1/s1. The number of hydrogen-bond donors (Lipinski definition) is 1. The number of nitrogens with zero attached hydrogens (tertiary/aromatic N) is 3. The highest BCUT2D eigenvalue weighted by atomic mass is 19.4. The van der Waals surface area contributed by atoms with Crippen molar-refractivity contribution in [3.63, 3.8) is 0 Å². The van der Waals surface area contributed by atoms with E-state index >= 15 is 0 Å². The minimum absolute atomic E-state index is 0.0455. The smallest absolute Gasteiger partial charge is 0.341 e. The molecule has 1 saturated carbocycles. The maximum Gasteiger partial charge on any atom is 0.399 e. The van der Waals surface area contributed by atoms with E-state index in [1.165, 1.54) is 12.1 Å². The Morgan fingerprint density at radius 3 is 2.50 bits per heavy atom. The van der Waals surface area contributed by atoms with E-state index in [9.17, 15) is 22.4 Å². The molecule has 6 rings (SSSR count). The van der Waals surface area contributed by atoms with Crippen LogP contribution >= 0.6 is 0 Å². The van der Waals surface area contributed by atoms with Crippen LogP contribution in [0.5, 0.6) is 0 Å². The Labute approximate surface area is 204 Å². The van der Waals surface area contributed by atoms with Gasteiger partial charge in [-0.3, -0.25) is 9.78 Å². The Hall–Kier alpha value is -3.49. The largest absolute Gasteiger partial charge is 0.399 e. The number of halogens is 4. The maximum absolute atomic E-state index is 14.3. The number of pyridine rings is 1. The van der Waals surface area contributed by atoms with Gasteiger partial charge < -0.3 is 9.88 Å². The minimum Gasteiger partial charge on any atom is -0.341 e. The van der Waals surface area contributed by atoms with E-state index in [0.29, 0.717) is 60.9 Å². The minimum atomic E-state index is -4.46. The lowest BCUT2D eigenvalue weighted by atomic mass is 9.73. The summed E-state index contributed by atoms with van der Waals surface area (Å²) >= 11 is 0. The van der Waals surface area contributed by atoms with E-state index < -0.39 is 18.0 Å². The second kappa shape index (κ2) is 8.57. The van der Waals surface area contributed by atoms with E-state index in [-0.39, 0.29) is 23.5 Å². The number of aromatic amines is 1. The molecular formula is C27H24F4N4O. The molecule has 186 valence electrons. The SMILES string of the molecule is O=C(c1ccc2[nH]c([C@@H]([C@H]3CC[C@@H](c4ccnc5ccc(F)cc54)CC3)C(F)(F)F)nc2c1)N1CC1. The molecule has 1 saturated heterocycles. The van der Waals surface area contributed by atoms with Crippen LogP contribution in [-0.4, -0.2) is 45.0 Å². The van der Waals surface area contributed by atoms with Crippen LogP contribution in [0.3, 0.4) is 0 Å². The number of amides is 1. The maximum atomic E-state index is 14.3. The van der Waals surface area contributed by atoms with Crippen LogP contribution in [-0.2, 0) is 0 Å². The molecule has 3 heterocycles. The first-order chi connectivity index (χ1) is 17.3. The van der Waals surface area contributed by atoms with Crippen LogP contribution < -0.4 is 0 Å². The van der Waals surface area contributed by atoms with Gasteiger partial charge in [0.25, 0.3) is 5.91 Å². The van der Waals surface area contributed by atoms with Crippen LogP contribution in [0.25, 0.3) is 21.9 Å². The molecule has 36 heavy (non-hydrogen) atoms. The zero-order valence-electron chi connectivity index (χ0n) is 19.4. The quantitative estimate of drug-likeness (QED) is 0.265. The molecule has 2 aromatic carbocycles.